The van der Waals surface area contributed by atoms with Crippen molar-refractivity contribution in [3.8, 4) is 39.1 Å². The van der Waals surface area contributed by atoms with Crippen LogP contribution in [0.25, 0.3) is 60.9 Å². The topological polar surface area (TPSA) is 8.17 Å². The average Bonchev–Trinajstić information content (AvgIpc) is 3.65. The molecule has 10 rings (SSSR count). The summed E-state index contributed by atoms with van der Waals surface area (Å²) < 4.78 is 2.46. The van der Waals surface area contributed by atoms with E-state index in [4.69, 9.17) is 0 Å². The predicted octanol–water partition coefficient (Wildman–Crippen LogP) is 13.9. The van der Waals surface area contributed by atoms with E-state index in [1.165, 1.54) is 66.3 Å². The summed E-state index contributed by atoms with van der Waals surface area (Å²) in [5, 5.41) is 2.52. The van der Waals surface area contributed by atoms with Crippen molar-refractivity contribution in [2.45, 2.75) is 19.3 Å². The summed E-state index contributed by atoms with van der Waals surface area (Å²) in [6, 6.07) is 70.8. The molecule has 0 bridgehead atoms. The van der Waals surface area contributed by atoms with E-state index in [1.54, 1.807) is 0 Å². The molecule has 0 unspecified atom stereocenters. The minimum atomic E-state index is -0.0778. The summed E-state index contributed by atoms with van der Waals surface area (Å²) >= 11 is 0. The van der Waals surface area contributed by atoms with Crippen molar-refractivity contribution in [2.75, 3.05) is 4.90 Å². The normalized spacial score (nSPS) is 12.9. The van der Waals surface area contributed by atoms with Crippen molar-refractivity contribution in [3.63, 3.8) is 0 Å². The van der Waals surface area contributed by atoms with Crippen molar-refractivity contribution in [1.29, 1.82) is 0 Å². The largest absolute Gasteiger partial charge is 0.310 e. The lowest BCUT2D eigenvalue weighted by atomic mass is 9.82. The molecule has 1 heterocycles. The first-order valence-electron chi connectivity index (χ1n) is 18.4. The van der Waals surface area contributed by atoms with Crippen LogP contribution in [0.15, 0.2) is 194 Å². The lowest BCUT2D eigenvalue weighted by Gasteiger charge is -2.27. The van der Waals surface area contributed by atoms with Crippen molar-refractivity contribution in [2.24, 2.45) is 0 Å². The van der Waals surface area contributed by atoms with Crippen LogP contribution in [0.1, 0.15) is 25.0 Å². The Morgan fingerprint density at radius 1 is 0.377 bits per heavy atom. The molecule has 0 radical (unpaired) electrons. The Labute approximate surface area is 310 Å². The summed E-state index contributed by atoms with van der Waals surface area (Å²) in [5.41, 5.74) is 17.0. The van der Waals surface area contributed by atoms with E-state index in [0.29, 0.717) is 0 Å². The zero-order chi connectivity index (χ0) is 35.5. The SMILES string of the molecule is CC1(C)c2ccccc2-c2cc3c(cc21)c1ccc(N(c2ccccc2)c2cc(-c4ccccc4)cc(-c4ccccc4)c2)cc1n3-c1ccccc1. The van der Waals surface area contributed by atoms with E-state index >= 15 is 0 Å². The molecule has 0 fully saturated rings. The number of anilines is 3. The monoisotopic (exact) mass is 678 g/mol. The molecule has 0 saturated heterocycles. The molecule has 2 nitrogen and oxygen atoms in total. The van der Waals surface area contributed by atoms with Gasteiger partial charge in [0.05, 0.1) is 11.0 Å². The third kappa shape index (κ3) is 5.10. The number of aromatic nitrogens is 1. The van der Waals surface area contributed by atoms with Crippen molar-refractivity contribution in [3.05, 3.63) is 205 Å². The minimum absolute atomic E-state index is 0.0778. The number of hydrogen-bond acceptors (Lipinski definition) is 1. The first-order chi connectivity index (χ1) is 26.0. The fourth-order valence-electron chi connectivity index (χ4n) is 8.55. The molecule has 0 aliphatic heterocycles. The fraction of sp³-hybridized carbons (Fsp3) is 0.0588. The van der Waals surface area contributed by atoms with Gasteiger partial charge in [-0.15, -0.1) is 0 Å². The van der Waals surface area contributed by atoms with E-state index in [2.05, 4.69) is 217 Å². The summed E-state index contributed by atoms with van der Waals surface area (Å²) in [6.07, 6.45) is 0. The van der Waals surface area contributed by atoms with Crippen molar-refractivity contribution < 1.29 is 0 Å². The lowest BCUT2D eigenvalue weighted by molar-refractivity contribution is 0.661. The van der Waals surface area contributed by atoms with Gasteiger partial charge < -0.3 is 9.47 Å². The van der Waals surface area contributed by atoms with E-state index in [9.17, 15) is 0 Å². The van der Waals surface area contributed by atoms with Gasteiger partial charge in [-0.25, -0.2) is 0 Å². The van der Waals surface area contributed by atoms with Crippen LogP contribution in [-0.4, -0.2) is 4.57 Å². The number of hydrogen-bond donors (Lipinski definition) is 0. The Bertz CT molecular complexity index is 2720. The quantitative estimate of drug-likeness (QED) is 0.170. The molecule has 1 aliphatic carbocycles. The zero-order valence-corrected chi connectivity index (χ0v) is 29.9. The van der Waals surface area contributed by atoms with Gasteiger partial charge in [0, 0.05) is 38.9 Å². The summed E-state index contributed by atoms with van der Waals surface area (Å²) in [5.74, 6) is 0. The third-order valence-electron chi connectivity index (χ3n) is 11.1. The van der Waals surface area contributed by atoms with Crippen LogP contribution in [0, 0.1) is 0 Å². The number of rotatable bonds is 6. The van der Waals surface area contributed by atoms with E-state index in [-0.39, 0.29) is 5.41 Å². The molecule has 1 aromatic heterocycles. The standard InChI is InChI=1S/C51H38N2/c1-51(2)47-26-16-15-25-43(47)45-34-50-46(33-48(45)51)44-28-27-41(32-49(44)53(50)40-23-13-6-14-24-40)52(39-21-11-5-12-22-39)42-30-37(35-17-7-3-8-18-35)29-38(31-42)36-19-9-4-10-20-36/h3-34H,1-2H3. The Hall–Kier alpha value is -6.64. The maximum absolute atomic E-state index is 2.47. The van der Waals surface area contributed by atoms with Gasteiger partial charge in [-0.1, -0.05) is 141 Å². The molecule has 252 valence electrons. The van der Waals surface area contributed by atoms with E-state index in [0.717, 1.165) is 22.7 Å². The first-order valence-corrected chi connectivity index (χ1v) is 18.4. The van der Waals surface area contributed by atoms with Crippen molar-refractivity contribution in [1.82, 2.24) is 4.57 Å². The highest BCUT2D eigenvalue weighted by Gasteiger charge is 2.36. The van der Waals surface area contributed by atoms with Crippen LogP contribution in [0.2, 0.25) is 0 Å². The lowest BCUT2D eigenvalue weighted by Crippen LogP contribution is -2.14. The first kappa shape index (κ1) is 31.1. The highest BCUT2D eigenvalue weighted by atomic mass is 15.1. The number of para-hydroxylation sites is 2. The molecule has 0 N–H and O–H groups in total. The molecular weight excluding hydrogens is 641 g/mol. The van der Waals surface area contributed by atoms with Crippen LogP contribution in [-0.2, 0) is 5.41 Å². The highest BCUT2D eigenvalue weighted by Crippen LogP contribution is 2.51. The van der Waals surface area contributed by atoms with Crippen LogP contribution < -0.4 is 4.90 Å². The molecule has 1 aliphatic rings. The molecule has 0 amide bonds. The van der Waals surface area contributed by atoms with Gasteiger partial charge in [-0.2, -0.15) is 0 Å². The zero-order valence-electron chi connectivity index (χ0n) is 29.9. The smallest absolute Gasteiger partial charge is 0.0561 e. The van der Waals surface area contributed by atoms with Gasteiger partial charge in [0.1, 0.15) is 0 Å². The van der Waals surface area contributed by atoms with Crippen molar-refractivity contribution >= 4 is 38.9 Å². The summed E-state index contributed by atoms with van der Waals surface area (Å²) in [4.78, 5) is 2.41. The van der Waals surface area contributed by atoms with Crippen LogP contribution in [0.4, 0.5) is 17.1 Å². The van der Waals surface area contributed by atoms with Gasteiger partial charge in [-0.3, -0.25) is 0 Å². The second kappa shape index (κ2) is 12.3. The Balaban J connectivity index is 1.24. The van der Waals surface area contributed by atoms with Gasteiger partial charge in [-0.05, 0) is 111 Å². The molecule has 0 saturated carbocycles. The molecule has 9 aromatic rings. The van der Waals surface area contributed by atoms with Gasteiger partial charge in [0.15, 0.2) is 0 Å². The Morgan fingerprint density at radius 2 is 0.943 bits per heavy atom. The van der Waals surface area contributed by atoms with Crippen LogP contribution in [0.5, 0.6) is 0 Å². The predicted molar refractivity (Wildman–Crippen MR) is 224 cm³/mol. The summed E-state index contributed by atoms with van der Waals surface area (Å²) in [7, 11) is 0. The Kier molecular flexibility index (Phi) is 7.19. The number of nitrogens with zero attached hydrogens (tertiary/aromatic N) is 2. The van der Waals surface area contributed by atoms with E-state index in [1.807, 2.05) is 0 Å². The molecule has 0 spiro atoms. The Morgan fingerprint density at radius 3 is 1.60 bits per heavy atom. The third-order valence-corrected chi connectivity index (χ3v) is 11.1. The second-order valence-corrected chi connectivity index (χ2v) is 14.6. The molecule has 53 heavy (non-hydrogen) atoms. The number of benzene rings is 8. The van der Waals surface area contributed by atoms with Gasteiger partial charge in [0.2, 0.25) is 0 Å². The van der Waals surface area contributed by atoms with E-state index < -0.39 is 0 Å². The molecule has 8 aromatic carbocycles. The van der Waals surface area contributed by atoms with Gasteiger partial charge >= 0.3 is 0 Å². The maximum Gasteiger partial charge on any atom is 0.0561 e. The van der Waals surface area contributed by atoms with Crippen LogP contribution >= 0.6 is 0 Å². The fourth-order valence-corrected chi connectivity index (χ4v) is 8.55. The number of fused-ring (bicyclic) bond motifs is 6. The van der Waals surface area contributed by atoms with Crippen LogP contribution in [0.3, 0.4) is 0 Å². The average molecular weight is 679 g/mol. The summed E-state index contributed by atoms with van der Waals surface area (Å²) in [6.45, 7) is 4.73. The minimum Gasteiger partial charge on any atom is -0.310 e. The molecular formula is C51H38N2. The second-order valence-electron chi connectivity index (χ2n) is 14.6. The van der Waals surface area contributed by atoms with Gasteiger partial charge in [0.25, 0.3) is 0 Å². The highest BCUT2D eigenvalue weighted by molar-refractivity contribution is 6.12. The molecule has 2 heteroatoms. The maximum atomic E-state index is 2.47. The molecule has 0 atom stereocenters.